The van der Waals surface area contributed by atoms with E-state index in [9.17, 15) is 0 Å². The van der Waals surface area contributed by atoms with Gasteiger partial charge < -0.3 is 4.74 Å². The normalized spacial score (nSPS) is 15.5. The predicted molar refractivity (Wildman–Crippen MR) is 90.6 cm³/mol. The van der Waals surface area contributed by atoms with Gasteiger partial charge in [0, 0.05) is 5.02 Å². The van der Waals surface area contributed by atoms with Crippen LogP contribution in [-0.2, 0) is 0 Å². The van der Waals surface area contributed by atoms with E-state index in [0.717, 1.165) is 12.2 Å². The summed E-state index contributed by atoms with van der Waals surface area (Å²) in [5.41, 5.74) is 2.92. The quantitative estimate of drug-likeness (QED) is 0.492. The minimum absolute atomic E-state index is 0.00384. The molecular formula is C17H29ClN2O. The van der Waals surface area contributed by atoms with Crippen molar-refractivity contribution in [3.05, 3.63) is 29.3 Å². The van der Waals surface area contributed by atoms with Crippen molar-refractivity contribution < 1.29 is 4.74 Å². The summed E-state index contributed by atoms with van der Waals surface area (Å²) in [6.45, 7) is 6.53. The van der Waals surface area contributed by atoms with E-state index in [0.29, 0.717) is 10.9 Å². The molecule has 0 bridgehead atoms. The molecule has 0 aliphatic heterocycles. The molecule has 0 saturated heterocycles. The van der Waals surface area contributed by atoms with Crippen LogP contribution in [0.4, 0.5) is 0 Å². The number of hydrazine groups is 1. The fourth-order valence-electron chi connectivity index (χ4n) is 2.57. The minimum Gasteiger partial charge on any atom is -0.489 e. The van der Waals surface area contributed by atoms with Gasteiger partial charge in [0.25, 0.3) is 0 Å². The predicted octanol–water partition coefficient (Wildman–Crippen LogP) is 4.55. The number of unbranched alkanes of at least 4 members (excludes halogenated alkanes) is 1. The smallest absolute Gasteiger partial charge is 0.121 e. The molecule has 21 heavy (non-hydrogen) atoms. The van der Waals surface area contributed by atoms with Gasteiger partial charge in [-0.3, -0.25) is 11.3 Å². The maximum absolute atomic E-state index is 5.99. The van der Waals surface area contributed by atoms with Gasteiger partial charge in [0.2, 0.25) is 0 Å². The van der Waals surface area contributed by atoms with Gasteiger partial charge in [0.05, 0.1) is 6.04 Å². The third-order valence-electron chi connectivity index (χ3n) is 4.03. The van der Waals surface area contributed by atoms with E-state index in [1.54, 1.807) is 0 Å². The Hall–Kier alpha value is -0.770. The Morgan fingerprint density at radius 2 is 2.10 bits per heavy atom. The Balaban J connectivity index is 2.57. The summed E-state index contributed by atoms with van der Waals surface area (Å²) in [5.74, 6) is 7.21. The molecular weight excluding hydrogens is 284 g/mol. The SMILES string of the molecule is CCCCC(CC)CC(NN)C(C)Oc1cccc(Cl)c1. The lowest BCUT2D eigenvalue weighted by atomic mass is 9.90. The van der Waals surface area contributed by atoms with E-state index in [1.807, 2.05) is 24.3 Å². The maximum Gasteiger partial charge on any atom is 0.121 e. The lowest BCUT2D eigenvalue weighted by molar-refractivity contribution is 0.150. The van der Waals surface area contributed by atoms with E-state index in [1.165, 1.54) is 25.7 Å². The third-order valence-corrected chi connectivity index (χ3v) is 4.26. The van der Waals surface area contributed by atoms with Crippen molar-refractivity contribution in [1.82, 2.24) is 5.43 Å². The van der Waals surface area contributed by atoms with Crippen LogP contribution < -0.4 is 16.0 Å². The molecule has 0 heterocycles. The minimum atomic E-state index is 0.00384. The van der Waals surface area contributed by atoms with Crippen molar-refractivity contribution in [2.24, 2.45) is 11.8 Å². The number of ether oxygens (including phenoxy) is 1. The average molecular weight is 313 g/mol. The first-order chi connectivity index (χ1) is 10.1. The highest BCUT2D eigenvalue weighted by molar-refractivity contribution is 6.30. The molecule has 4 heteroatoms. The first-order valence-corrected chi connectivity index (χ1v) is 8.36. The Kier molecular flexibility index (Phi) is 8.74. The highest BCUT2D eigenvalue weighted by Crippen LogP contribution is 2.23. The zero-order valence-electron chi connectivity index (χ0n) is 13.4. The molecule has 0 radical (unpaired) electrons. The van der Waals surface area contributed by atoms with Gasteiger partial charge in [-0.1, -0.05) is 57.2 Å². The molecule has 1 aromatic carbocycles. The molecule has 120 valence electrons. The van der Waals surface area contributed by atoms with E-state index in [-0.39, 0.29) is 12.1 Å². The van der Waals surface area contributed by atoms with Crippen LogP contribution >= 0.6 is 11.6 Å². The number of hydrogen-bond acceptors (Lipinski definition) is 3. The van der Waals surface area contributed by atoms with E-state index < -0.39 is 0 Å². The summed E-state index contributed by atoms with van der Waals surface area (Å²) in [4.78, 5) is 0. The van der Waals surface area contributed by atoms with Crippen LogP contribution in [0, 0.1) is 5.92 Å². The average Bonchev–Trinajstić information content (AvgIpc) is 2.47. The van der Waals surface area contributed by atoms with Gasteiger partial charge in [-0.25, -0.2) is 0 Å². The Morgan fingerprint density at radius 1 is 1.33 bits per heavy atom. The highest BCUT2D eigenvalue weighted by atomic mass is 35.5. The summed E-state index contributed by atoms with van der Waals surface area (Å²) >= 11 is 5.99. The molecule has 0 amide bonds. The molecule has 0 aliphatic carbocycles. The van der Waals surface area contributed by atoms with Gasteiger partial charge in [0.1, 0.15) is 11.9 Å². The van der Waals surface area contributed by atoms with Gasteiger partial charge >= 0.3 is 0 Å². The second-order valence-electron chi connectivity index (χ2n) is 5.71. The molecule has 0 fully saturated rings. The monoisotopic (exact) mass is 312 g/mol. The first-order valence-electron chi connectivity index (χ1n) is 7.99. The van der Waals surface area contributed by atoms with Crippen LogP contribution in [-0.4, -0.2) is 12.1 Å². The van der Waals surface area contributed by atoms with Crippen molar-refractivity contribution in [2.45, 2.75) is 65.0 Å². The van der Waals surface area contributed by atoms with Crippen molar-refractivity contribution in [3.63, 3.8) is 0 Å². The third kappa shape index (κ3) is 6.68. The summed E-state index contributed by atoms with van der Waals surface area (Å²) < 4.78 is 5.97. The molecule has 0 spiro atoms. The second-order valence-corrected chi connectivity index (χ2v) is 6.14. The second kappa shape index (κ2) is 10.0. The fraction of sp³-hybridized carbons (Fsp3) is 0.647. The number of nitrogens with two attached hydrogens (primary N) is 1. The molecule has 3 N–H and O–H groups in total. The summed E-state index contributed by atoms with van der Waals surface area (Å²) in [7, 11) is 0. The van der Waals surface area contributed by atoms with Crippen LogP contribution in [0.25, 0.3) is 0 Å². The van der Waals surface area contributed by atoms with Crippen LogP contribution in [0.1, 0.15) is 52.9 Å². The van der Waals surface area contributed by atoms with E-state index >= 15 is 0 Å². The standard InChI is InChI=1S/C17H29ClN2O/c1-4-6-8-14(5-2)11-17(20-19)13(3)21-16-10-7-9-15(18)12-16/h7,9-10,12-14,17,20H,4-6,8,11,19H2,1-3H3. The van der Waals surface area contributed by atoms with Crippen molar-refractivity contribution in [2.75, 3.05) is 0 Å². The van der Waals surface area contributed by atoms with Gasteiger partial charge in [-0.15, -0.1) is 0 Å². The Bertz CT molecular complexity index is 400. The van der Waals surface area contributed by atoms with Gasteiger partial charge in [-0.05, 0) is 37.5 Å². The largest absolute Gasteiger partial charge is 0.489 e. The molecule has 1 aromatic rings. The zero-order valence-corrected chi connectivity index (χ0v) is 14.2. The Labute approximate surface area is 134 Å². The maximum atomic E-state index is 5.99. The first kappa shape index (κ1) is 18.3. The molecule has 3 nitrogen and oxygen atoms in total. The summed E-state index contributed by atoms with van der Waals surface area (Å²) in [5, 5.41) is 0.686. The van der Waals surface area contributed by atoms with Crippen LogP contribution in [0.5, 0.6) is 5.75 Å². The molecule has 3 unspecified atom stereocenters. The molecule has 0 saturated carbocycles. The van der Waals surface area contributed by atoms with Crippen molar-refractivity contribution in [1.29, 1.82) is 0 Å². The van der Waals surface area contributed by atoms with Crippen LogP contribution in [0.15, 0.2) is 24.3 Å². The van der Waals surface area contributed by atoms with Gasteiger partial charge in [-0.2, -0.15) is 0 Å². The fourth-order valence-corrected chi connectivity index (χ4v) is 2.75. The van der Waals surface area contributed by atoms with E-state index in [4.69, 9.17) is 22.2 Å². The summed E-state index contributed by atoms with van der Waals surface area (Å²) in [6, 6.07) is 7.64. The van der Waals surface area contributed by atoms with Crippen molar-refractivity contribution in [3.8, 4) is 5.75 Å². The van der Waals surface area contributed by atoms with Crippen LogP contribution in [0.3, 0.4) is 0 Å². The highest BCUT2D eigenvalue weighted by Gasteiger charge is 2.21. The topological polar surface area (TPSA) is 47.3 Å². The zero-order chi connectivity index (χ0) is 15.7. The molecule has 0 aromatic heterocycles. The van der Waals surface area contributed by atoms with Crippen LogP contribution in [0.2, 0.25) is 5.02 Å². The molecule has 1 rings (SSSR count). The van der Waals surface area contributed by atoms with Gasteiger partial charge in [0.15, 0.2) is 0 Å². The number of rotatable bonds is 10. The number of halogens is 1. The lowest BCUT2D eigenvalue weighted by Gasteiger charge is -2.28. The Morgan fingerprint density at radius 3 is 2.67 bits per heavy atom. The van der Waals surface area contributed by atoms with Crippen molar-refractivity contribution >= 4 is 11.6 Å². The molecule has 0 aliphatic rings. The number of benzene rings is 1. The lowest BCUT2D eigenvalue weighted by Crippen LogP contribution is -2.46. The number of nitrogens with one attached hydrogen (secondary N) is 1. The summed E-state index contributed by atoms with van der Waals surface area (Å²) in [6.07, 6.45) is 6.00. The number of hydrogen-bond donors (Lipinski definition) is 2. The molecule has 3 atom stereocenters. The van der Waals surface area contributed by atoms with E-state index in [2.05, 4.69) is 26.2 Å².